The first kappa shape index (κ1) is 14.5. The zero-order valence-corrected chi connectivity index (χ0v) is 11.6. The molecule has 2 rings (SSSR count). The summed E-state index contributed by atoms with van der Waals surface area (Å²) in [6, 6.07) is 4.05. The van der Waals surface area contributed by atoms with Gasteiger partial charge in [-0.15, -0.1) is 0 Å². The van der Waals surface area contributed by atoms with E-state index in [9.17, 15) is 9.50 Å². The number of nitrogens with zero attached hydrogens (tertiary/aromatic N) is 3. The molecular formula is C14H18FN3O2. The number of aromatic hydroxyl groups is 1. The molecule has 0 aliphatic carbocycles. The van der Waals surface area contributed by atoms with Crippen LogP contribution in [0, 0.1) is 5.82 Å². The van der Waals surface area contributed by atoms with Gasteiger partial charge < -0.3 is 14.5 Å². The van der Waals surface area contributed by atoms with Crippen molar-refractivity contribution in [2.24, 2.45) is 0 Å². The van der Waals surface area contributed by atoms with Crippen LogP contribution in [0.5, 0.6) is 5.75 Å². The molecule has 20 heavy (non-hydrogen) atoms. The highest BCUT2D eigenvalue weighted by Crippen LogP contribution is 2.30. The van der Waals surface area contributed by atoms with E-state index in [0.29, 0.717) is 12.2 Å². The van der Waals surface area contributed by atoms with E-state index in [-0.39, 0.29) is 17.2 Å². The lowest BCUT2D eigenvalue weighted by atomic mass is 10.2. The Hall–Kier alpha value is -1.95. The molecule has 0 amide bonds. The van der Waals surface area contributed by atoms with Crippen molar-refractivity contribution in [2.75, 3.05) is 19.6 Å². The second-order valence-electron chi connectivity index (χ2n) is 4.43. The minimum absolute atomic E-state index is 0.00940. The van der Waals surface area contributed by atoms with Gasteiger partial charge in [0.1, 0.15) is 17.1 Å². The van der Waals surface area contributed by atoms with Crippen molar-refractivity contribution in [3.05, 3.63) is 29.8 Å². The van der Waals surface area contributed by atoms with E-state index in [0.717, 1.165) is 19.6 Å². The Morgan fingerprint density at radius 3 is 2.70 bits per heavy atom. The average Bonchev–Trinajstić information content (AvgIpc) is 2.88. The Balaban J connectivity index is 2.13. The molecule has 0 saturated carbocycles. The lowest BCUT2D eigenvalue weighted by Crippen LogP contribution is -2.25. The first-order valence-electron chi connectivity index (χ1n) is 6.68. The molecule has 2 aromatic rings. The van der Waals surface area contributed by atoms with Crippen molar-refractivity contribution in [2.45, 2.75) is 20.3 Å². The molecule has 0 atom stereocenters. The second kappa shape index (κ2) is 6.47. The number of hydrogen-bond donors (Lipinski definition) is 1. The smallest absolute Gasteiger partial charge is 0.264 e. The molecule has 0 aliphatic heterocycles. The Morgan fingerprint density at radius 1 is 1.30 bits per heavy atom. The van der Waals surface area contributed by atoms with E-state index in [1.54, 1.807) is 0 Å². The Bertz CT molecular complexity index is 547. The number of rotatable bonds is 6. The van der Waals surface area contributed by atoms with Crippen LogP contribution in [-0.2, 0) is 6.42 Å². The minimum atomic E-state index is -0.580. The van der Waals surface area contributed by atoms with E-state index in [1.807, 2.05) is 0 Å². The van der Waals surface area contributed by atoms with Crippen LogP contribution in [0.1, 0.15) is 19.7 Å². The molecule has 0 radical (unpaired) electrons. The molecule has 1 N–H and O–H groups in total. The minimum Gasteiger partial charge on any atom is -0.507 e. The maximum atomic E-state index is 13.7. The van der Waals surface area contributed by atoms with E-state index in [4.69, 9.17) is 4.52 Å². The van der Waals surface area contributed by atoms with E-state index >= 15 is 0 Å². The zero-order chi connectivity index (χ0) is 14.5. The predicted molar refractivity (Wildman–Crippen MR) is 72.8 cm³/mol. The second-order valence-corrected chi connectivity index (χ2v) is 4.43. The van der Waals surface area contributed by atoms with E-state index < -0.39 is 5.82 Å². The van der Waals surface area contributed by atoms with Crippen molar-refractivity contribution in [1.29, 1.82) is 0 Å². The first-order chi connectivity index (χ1) is 9.65. The standard InChI is InChI=1S/C14H18FN3O2/c1-3-18(4-2)9-8-12-16-14(20-17-12)13-10(15)6-5-7-11(13)19/h5-7,19H,3-4,8-9H2,1-2H3. The Morgan fingerprint density at radius 2 is 2.05 bits per heavy atom. The SMILES string of the molecule is CCN(CC)CCc1noc(-c2c(O)cccc2F)n1. The fourth-order valence-electron chi connectivity index (χ4n) is 1.98. The number of benzene rings is 1. The van der Waals surface area contributed by atoms with Crippen LogP contribution in [0.15, 0.2) is 22.7 Å². The number of halogens is 1. The summed E-state index contributed by atoms with van der Waals surface area (Å²) in [5.41, 5.74) is -0.0471. The normalized spacial score (nSPS) is 11.2. The average molecular weight is 279 g/mol. The summed E-state index contributed by atoms with van der Waals surface area (Å²) < 4.78 is 18.7. The van der Waals surface area contributed by atoms with Gasteiger partial charge in [0.05, 0.1) is 0 Å². The number of likely N-dealkylation sites (N-methyl/N-ethyl adjacent to an activating group) is 1. The highest BCUT2D eigenvalue weighted by Gasteiger charge is 2.17. The number of phenolic OH excluding ortho intramolecular Hbond substituents is 1. The lowest BCUT2D eigenvalue weighted by Gasteiger charge is -2.16. The van der Waals surface area contributed by atoms with Crippen LogP contribution < -0.4 is 0 Å². The van der Waals surface area contributed by atoms with Crippen LogP contribution in [0.25, 0.3) is 11.5 Å². The molecule has 5 nitrogen and oxygen atoms in total. The largest absolute Gasteiger partial charge is 0.507 e. The topological polar surface area (TPSA) is 62.4 Å². The lowest BCUT2D eigenvalue weighted by molar-refractivity contribution is 0.303. The van der Waals surface area contributed by atoms with Crippen molar-refractivity contribution in [3.63, 3.8) is 0 Å². The third-order valence-corrected chi connectivity index (χ3v) is 3.22. The Kier molecular flexibility index (Phi) is 4.68. The van der Waals surface area contributed by atoms with Gasteiger partial charge in [-0.3, -0.25) is 0 Å². The van der Waals surface area contributed by atoms with Gasteiger partial charge >= 0.3 is 0 Å². The van der Waals surface area contributed by atoms with Gasteiger partial charge in [0.25, 0.3) is 5.89 Å². The van der Waals surface area contributed by atoms with Crippen molar-refractivity contribution < 1.29 is 14.0 Å². The highest BCUT2D eigenvalue weighted by molar-refractivity contribution is 5.62. The third-order valence-electron chi connectivity index (χ3n) is 3.22. The molecule has 0 saturated heterocycles. The maximum absolute atomic E-state index is 13.7. The van der Waals surface area contributed by atoms with Crippen LogP contribution >= 0.6 is 0 Å². The van der Waals surface area contributed by atoms with Gasteiger partial charge in [0.2, 0.25) is 0 Å². The molecule has 1 aromatic heterocycles. The molecule has 0 fully saturated rings. The quantitative estimate of drug-likeness (QED) is 0.880. The Labute approximate surface area is 117 Å². The summed E-state index contributed by atoms with van der Waals surface area (Å²) >= 11 is 0. The first-order valence-corrected chi connectivity index (χ1v) is 6.68. The predicted octanol–water partition coefficient (Wildman–Crippen LogP) is 2.47. The summed E-state index contributed by atoms with van der Waals surface area (Å²) in [4.78, 5) is 6.37. The van der Waals surface area contributed by atoms with Crippen molar-refractivity contribution >= 4 is 0 Å². The zero-order valence-electron chi connectivity index (χ0n) is 11.6. The summed E-state index contributed by atoms with van der Waals surface area (Å²) in [6.07, 6.45) is 0.625. The monoisotopic (exact) mass is 279 g/mol. The molecule has 108 valence electrons. The summed E-state index contributed by atoms with van der Waals surface area (Å²) in [5.74, 6) is -0.266. The summed E-state index contributed by atoms with van der Waals surface area (Å²) in [6.45, 7) is 6.89. The van der Waals surface area contributed by atoms with Crippen molar-refractivity contribution in [3.8, 4) is 17.2 Å². The number of phenols is 1. The van der Waals surface area contributed by atoms with Gasteiger partial charge in [-0.1, -0.05) is 25.1 Å². The number of hydrogen-bond acceptors (Lipinski definition) is 5. The molecule has 6 heteroatoms. The highest BCUT2D eigenvalue weighted by atomic mass is 19.1. The van der Waals surface area contributed by atoms with Crippen LogP contribution in [-0.4, -0.2) is 39.8 Å². The number of aromatic nitrogens is 2. The fourth-order valence-corrected chi connectivity index (χ4v) is 1.98. The van der Waals surface area contributed by atoms with Crippen molar-refractivity contribution in [1.82, 2.24) is 15.0 Å². The molecule has 0 aliphatic rings. The molecule has 0 unspecified atom stereocenters. The van der Waals surface area contributed by atoms with Gasteiger partial charge in [-0.05, 0) is 25.2 Å². The van der Waals surface area contributed by atoms with Crippen LogP contribution in [0.4, 0.5) is 4.39 Å². The van der Waals surface area contributed by atoms with Crippen LogP contribution in [0.2, 0.25) is 0 Å². The molecule has 1 heterocycles. The third kappa shape index (κ3) is 3.14. The van der Waals surface area contributed by atoms with Crippen LogP contribution in [0.3, 0.4) is 0 Å². The molecule has 0 spiro atoms. The van der Waals surface area contributed by atoms with Gasteiger partial charge in [-0.25, -0.2) is 4.39 Å². The van der Waals surface area contributed by atoms with Gasteiger partial charge in [0, 0.05) is 13.0 Å². The molecule has 1 aromatic carbocycles. The van der Waals surface area contributed by atoms with Gasteiger partial charge in [0.15, 0.2) is 5.82 Å². The maximum Gasteiger partial charge on any atom is 0.264 e. The summed E-state index contributed by atoms with van der Waals surface area (Å²) in [5, 5.41) is 13.5. The van der Waals surface area contributed by atoms with Gasteiger partial charge in [-0.2, -0.15) is 4.98 Å². The fraction of sp³-hybridized carbons (Fsp3) is 0.429. The molecular weight excluding hydrogens is 261 g/mol. The van der Waals surface area contributed by atoms with E-state index in [1.165, 1.54) is 18.2 Å². The summed E-state index contributed by atoms with van der Waals surface area (Å²) in [7, 11) is 0. The molecule has 0 bridgehead atoms. The van der Waals surface area contributed by atoms with E-state index in [2.05, 4.69) is 28.9 Å².